The second kappa shape index (κ2) is 8.87. The lowest BCUT2D eigenvalue weighted by atomic mass is 10.1. The van der Waals surface area contributed by atoms with Gasteiger partial charge >= 0.3 is 12.1 Å². The molecule has 9 heteroatoms. The Bertz CT molecular complexity index is 461. The van der Waals surface area contributed by atoms with Crippen LogP contribution in [0.3, 0.4) is 0 Å². The lowest BCUT2D eigenvalue weighted by Crippen LogP contribution is -2.31. The molecule has 21 heavy (non-hydrogen) atoms. The number of benzene rings is 1. The van der Waals surface area contributed by atoms with Crippen LogP contribution in [0.1, 0.15) is 12.0 Å². The number of carboxylic acids is 1. The van der Waals surface area contributed by atoms with E-state index in [0.717, 1.165) is 5.56 Å². The maximum Gasteiger partial charge on any atom is 0.413 e. The van der Waals surface area contributed by atoms with E-state index in [1.807, 2.05) is 0 Å². The van der Waals surface area contributed by atoms with Gasteiger partial charge in [0, 0.05) is 0 Å². The quantitative estimate of drug-likeness (QED) is 0.410. The van der Waals surface area contributed by atoms with E-state index >= 15 is 0 Å². The summed E-state index contributed by atoms with van der Waals surface area (Å²) < 4.78 is 4.87. The Morgan fingerprint density at radius 2 is 1.86 bits per heavy atom. The van der Waals surface area contributed by atoms with E-state index in [1.54, 1.807) is 24.3 Å². The first kappa shape index (κ1) is 16.9. The number of hydrogen-bond donors (Lipinski definition) is 4. The third-order valence-corrected chi connectivity index (χ3v) is 2.33. The third-order valence-electron chi connectivity index (χ3n) is 2.33. The van der Waals surface area contributed by atoms with E-state index in [0.29, 0.717) is 12.8 Å². The molecule has 0 aliphatic rings. The van der Waals surface area contributed by atoms with Crippen LogP contribution < -0.4 is 10.1 Å². The molecule has 0 fully saturated rings. The van der Waals surface area contributed by atoms with Gasteiger partial charge in [-0.05, 0) is 30.5 Å². The molecule has 0 atom stereocenters. The molecule has 1 aromatic rings. The van der Waals surface area contributed by atoms with Crippen LogP contribution in [-0.4, -0.2) is 46.1 Å². The summed E-state index contributed by atoms with van der Waals surface area (Å²) in [4.78, 5) is 25.9. The molecule has 0 aromatic heterocycles. The molecule has 0 spiro atoms. The normalized spacial score (nSPS) is 10.4. The Labute approximate surface area is 120 Å². The molecule has 1 aromatic carbocycles. The number of hydrogen-bond acceptors (Lipinski definition) is 7. The highest BCUT2D eigenvalue weighted by Crippen LogP contribution is 2.13. The first-order chi connectivity index (χ1) is 9.97. The van der Waals surface area contributed by atoms with Crippen molar-refractivity contribution in [2.45, 2.75) is 12.8 Å². The monoisotopic (exact) mass is 300 g/mol. The lowest BCUT2D eigenvalue weighted by molar-refractivity contribution is -0.492. The molecule has 0 heterocycles. The van der Waals surface area contributed by atoms with Gasteiger partial charge in [-0.15, -0.1) is 0 Å². The molecule has 116 valence electrons. The summed E-state index contributed by atoms with van der Waals surface area (Å²) in [5.41, 5.74) is 0.944. The molecule has 0 aliphatic heterocycles. The van der Waals surface area contributed by atoms with E-state index in [4.69, 9.17) is 20.3 Å². The van der Waals surface area contributed by atoms with Gasteiger partial charge in [-0.1, -0.05) is 12.1 Å². The smallest absolute Gasteiger partial charge is 0.413 e. The van der Waals surface area contributed by atoms with Gasteiger partial charge in [0.15, 0.2) is 0 Å². The van der Waals surface area contributed by atoms with E-state index in [-0.39, 0.29) is 17.7 Å². The second-order valence-corrected chi connectivity index (χ2v) is 3.97. The van der Waals surface area contributed by atoms with Crippen molar-refractivity contribution in [1.29, 1.82) is 0 Å². The maximum absolute atomic E-state index is 11.2. The number of nitrogens with one attached hydrogen (secondary N) is 1. The van der Waals surface area contributed by atoms with Crippen molar-refractivity contribution in [2.24, 2.45) is 0 Å². The van der Waals surface area contributed by atoms with Crippen LogP contribution in [-0.2, 0) is 16.1 Å². The van der Waals surface area contributed by atoms with Crippen molar-refractivity contribution in [3.63, 3.8) is 0 Å². The third kappa shape index (κ3) is 7.84. The standard InChI is InChI=1S/C12H16N2O7/c15-11(16)8-13-12(17)21-10-5-3-9(4-6-10)2-1-7-20-14(18)19/h3-6,18-19H,1-2,7-8H2,(H,13,17)(H,15,16). The molecule has 0 radical (unpaired) electrons. The van der Waals surface area contributed by atoms with Gasteiger partial charge in [0.2, 0.25) is 0 Å². The zero-order chi connectivity index (χ0) is 15.7. The molecular formula is C12H16N2O7. The van der Waals surface area contributed by atoms with Gasteiger partial charge in [0.1, 0.15) is 12.3 Å². The second-order valence-electron chi connectivity index (χ2n) is 3.97. The number of carbonyl (C=O) groups excluding carboxylic acids is 1. The number of aryl methyl sites for hydroxylation is 1. The SMILES string of the molecule is O=C(O)CNC(=O)Oc1ccc(CCCON(O)O)cc1. The van der Waals surface area contributed by atoms with Crippen molar-refractivity contribution in [2.75, 3.05) is 13.2 Å². The highest BCUT2D eigenvalue weighted by Gasteiger charge is 2.06. The van der Waals surface area contributed by atoms with Gasteiger partial charge in [-0.25, -0.2) is 4.79 Å². The van der Waals surface area contributed by atoms with Gasteiger partial charge in [0.25, 0.3) is 0 Å². The van der Waals surface area contributed by atoms with Crippen LogP contribution >= 0.6 is 0 Å². The van der Waals surface area contributed by atoms with E-state index in [1.165, 1.54) is 0 Å². The lowest BCUT2D eigenvalue weighted by Gasteiger charge is -2.07. The number of nitrogens with zero attached hydrogens (tertiary/aromatic N) is 1. The Morgan fingerprint density at radius 1 is 1.19 bits per heavy atom. The maximum atomic E-state index is 11.2. The summed E-state index contributed by atoms with van der Waals surface area (Å²) in [6.07, 6.45) is 0.362. The molecule has 1 rings (SSSR count). The fraction of sp³-hybridized carbons (Fsp3) is 0.333. The summed E-state index contributed by atoms with van der Waals surface area (Å²) in [6.45, 7) is -0.369. The average Bonchev–Trinajstić information content (AvgIpc) is 2.43. The van der Waals surface area contributed by atoms with E-state index in [2.05, 4.69) is 10.2 Å². The Hall–Kier alpha value is -2.20. The highest BCUT2D eigenvalue weighted by atomic mass is 17.1. The largest absolute Gasteiger partial charge is 0.480 e. The van der Waals surface area contributed by atoms with Gasteiger partial charge in [-0.2, -0.15) is 0 Å². The number of ether oxygens (including phenoxy) is 1. The predicted molar refractivity (Wildman–Crippen MR) is 67.8 cm³/mol. The molecule has 0 aliphatic carbocycles. The van der Waals surface area contributed by atoms with Crippen LogP contribution in [0.4, 0.5) is 4.79 Å². The fourth-order valence-electron chi connectivity index (χ4n) is 1.44. The molecule has 9 nitrogen and oxygen atoms in total. The van der Waals surface area contributed by atoms with Crippen LogP contribution in [0.2, 0.25) is 0 Å². The van der Waals surface area contributed by atoms with Crippen LogP contribution in [0.5, 0.6) is 5.75 Å². The number of amides is 1. The summed E-state index contributed by atoms with van der Waals surface area (Å²) in [5.74, 6) is -0.872. The molecular weight excluding hydrogens is 284 g/mol. The number of rotatable bonds is 8. The minimum atomic E-state index is -1.16. The predicted octanol–water partition coefficient (Wildman–Crippen LogP) is 0.804. The Kier molecular flexibility index (Phi) is 7.12. The summed E-state index contributed by atoms with van der Waals surface area (Å²) in [5, 5.41) is 26.8. The van der Waals surface area contributed by atoms with Crippen molar-refractivity contribution < 1.29 is 34.7 Å². The van der Waals surface area contributed by atoms with Crippen molar-refractivity contribution in [3.8, 4) is 5.75 Å². The Balaban J connectivity index is 2.32. The zero-order valence-corrected chi connectivity index (χ0v) is 11.1. The molecule has 1 amide bonds. The van der Waals surface area contributed by atoms with Crippen molar-refractivity contribution >= 4 is 12.1 Å². The zero-order valence-electron chi connectivity index (χ0n) is 11.1. The van der Waals surface area contributed by atoms with Crippen molar-refractivity contribution in [3.05, 3.63) is 29.8 Å². The molecule has 0 unspecified atom stereocenters. The van der Waals surface area contributed by atoms with Crippen LogP contribution in [0.25, 0.3) is 0 Å². The van der Waals surface area contributed by atoms with Gasteiger partial charge in [0.05, 0.1) is 12.0 Å². The fourth-order valence-corrected chi connectivity index (χ4v) is 1.44. The van der Waals surface area contributed by atoms with E-state index < -0.39 is 18.6 Å². The first-order valence-electron chi connectivity index (χ1n) is 6.04. The van der Waals surface area contributed by atoms with Crippen LogP contribution in [0, 0.1) is 0 Å². The van der Waals surface area contributed by atoms with Crippen molar-refractivity contribution in [1.82, 2.24) is 10.7 Å². The number of aliphatic carboxylic acids is 1. The molecule has 0 saturated heterocycles. The minimum absolute atomic E-state index is 0.142. The molecule has 0 bridgehead atoms. The highest BCUT2D eigenvalue weighted by molar-refractivity contribution is 5.77. The van der Waals surface area contributed by atoms with Gasteiger partial charge < -0.3 is 15.2 Å². The first-order valence-corrected chi connectivity index (χ1v) is 6.04. The van der Waals surface area contributed by atoms with E-state index in [9.17, 15) is 9.59 Å². The number of carboxylic acid groups (broad SMARTS) is 1. The molecule has 4 N–H and O–H groups in total. The average molecular weight is 300 g/mol. The summed E-state index contributed by atoms with van der Waals surface area (Å²) in [7, 11) is 0. The van der Waals surface area contributed by atoms with Crippen LogP contribution in [0.15, 0.2) is 24.3 Å². The topological polar surface area (TPSA) is 129 Å². The molecule has 0 saturated carbocycles. The number of carbonyl (C=O) groups is 2. The van der Waals surface area contributed by atoms with Gasteiger partial charge in [-0.3, -0.25) is 20.0 Å². The minimum Gasteiger partial charge on any atom is -0.480 e. The summed E-state index contributed by atoms with van der Waals surface area (Å²) >= 11 is 0. The Morgan fingerprint density at radius 3 is 2.43 bits per heavy atom. The summed E-state index contributed by atoms with van der Waals surface area (Å²) in [6, 6.07) is 6.60.